The van der Waals surface area contributed by atoms with E-state index in [9.17, 15) is 19.2 Å². The Morgan fingerprint density at radius 2 is 1.75 bits per heavy atom. The number of hydrogen-bond donors (Lipinski definition) is 1. The molecule has 0 amide bonds. The zero-order valence-electron chi connectivity index (χ0n) is 18.0. The molecule has 1 aliphatic rings. The largest absolute Gasteiger partial charge is 0.384 e. The fourth-order valence-corrected chi connectivity index (χ4v) is 5.15. The van der Waals surface area contributed by atoms with Crippen LogP contribution in [0.3, 0.4) is 0 Å². The minimum Gasteiger partial charge on any atom is -0.384 e. The predicted molar refractivity (Wildman–Crippen MR) is 125 cm³/mol. The van der Waals surface area contributed by atoms with Crippen molar-refractivity contribution in [2.24, 2.45) is 14.1 Å². The monoisotopic (exact) mass is 455 g/mol. The molecule has 0 radical (unpaired) electrons. The highest BCUT2D eigenvalue weighted by Crippen LogP contribution is 2.31. The van der Waals surface area contributed by atoms with E-state index in [0.717, 1.165) is 53.0 Å². The SMILES string of the molecule is Cn1c(N)c(C(=O)CSc2nc3ccccc3c(=O)n2C2CCCCC2)c(=O)n(C)c1=O. The van der Waals surface area contributed by atoms with Gasteiger partial charge in [0.1, 0.15) is 11.4 Å². The van der Waals surface area contributed by atoms with Crippen molar-refractivity contribution < 1.29 is 4.79 Å². The van der Waals surface area contributed by atoms with Gasteiger partial charge in [-0.2, -0.15) is 0 Å². The maximum atomic E-state index is 13.3. The van der Waals surface area contributed by atoms with Crippen molar-refractivity contribution in [3.05, 3.63) is 61.0 Å². The number of nitrogens with zero attached hydrogens (tertiary/aromatic N) is 4. The molecule has 1 fully saturated rings. The first-order chi connectivity index (χ1) is 15.3. The lowest BCUT2D eigenvalue weighted by atomic mass is 9.95. The molecule has 0 unspecified atom stereocenters. The number of para-hydroxylation sites is 1. The summed E-state index contributed by atoms with van der Waals surface area (Å²) in [4.78, 5) is 55.5. The Morgan fingerprint density at radius 1 is 1.06 bits per heavy atom. The van der Waals surface area contributed by atoms with Crippen LogP contribution in [0.1, 0.15) is 48.5 Å². The number of ketones is 1. The Morgan fingerprint density at radius 3 is 2.47 bits per heavy atom. The van der Waals surface area contributed by atoms with Gasteiger partial charge in [-0.15, -0.1) is 0 Å². The molecule has 2 aromatic heterocycles. The van der Waals surface area contributed by atoms with Crippen molar-refractivity contribution in [2.45, 2.75) is 43.3 Å². The molecule has 3 aromatic rings. The Balaban J connectivity index is 1.74. The summed E-state index contributed by atoms with van der Waals surface area (Å²) in [6.45, 7) is 0. The highest BCUT2D eigenvalue weighted by molar-refractivity contribution is 7.99. The third-order valence-electron chi connectivity index (χ3n) is 6.04. The number of carbonyl (C=O) groups is 1. The van der Waals surface area contributed by atoms with E-state index in [-0.39, 0.29) is 28.7 Å². The van der Waals surface area contributed by atoms with Gasteiger partial charge in [0.2, 0.25) is 0 Å². The lowest BCUT2D eigenvalue weighted by Crippen LogP contribution is -2.41. The summed E-state index contributed by atoms with van der Waals surface area (Å²) >= 11 is 1.12. The number of nitrogen functional groups attached to an aromatic ring is 1. The van der Waals surface area contributed by atoms with E-state index in [4.69, 9.17) is 5.73 Å². The quantitative estimate of drug-likeness (QED) is 0.354. The second-order valence-electron chi connectivity index (χ2n) is 8.06. The Kier molecular flexibility index (Phi) is 6.05. The number of anilines is 1. The van der Waals surface area contributed by atoms with Crippen LogP contribution >= 0.6 is 11.8 Å². The summed E-state index contributed by atoms with van der Waals surface area (Å²) in [6.07, 6.45) is 4.99. The molecule has 32 heavy (non-hydrogen) atoms. The van der Waals surface area contributed by atoms with Gasteiger partial charge in [0.15, 0.2) is 10.9 Å². The van der Waals surface area contributed by atoms with Crippen molar-refractivity contribution >= 4 is 34.3 Å². The van der Waals surface area contributed by atoms with Crippen molar-refractivity contribution in [1.29, 1.82) is 0 Å². The molecule has 0 saturated heterocycles. The zero-order chi connectivity index (χ0) is 23.0. The van der Waals surface area contributed by atoms with Crippen LogP contribution in [-0.2, 0) is 14.1 Å². The van der Waals surface area contributed by atoms with E-state index >= 15 is 0 Å². The molecule has 9 nitrogen and oxygen atoms in total. The van der Waals surface area contributed by atoms with Crippen molar-refractivity contribution in [2.75, 3.05) is 11.5 Å². The second-order valence-corrected chi connectivity index (χ2v) is 9.00. The fourth-order valence-electron chi connectivity index (χ4n) is 4.21. The number of carbonyl (C=O) groups excluding carboxylic acids is 1. The normalized spacial score (nSPS) is 14.7. The van der Waals surface area contributed by atoms with Crippen molar-refractivity contribution in [3.63, 3.8) is 0 Å². The average molecular weight is 456 g/mol. The highest BCUT2D eigenvalue weighted by atomic mass is 32.2. The molecule has 0 spiro atoms. The number of thioether (sulfide) groups is 1. The Labute approximate surface area is 187 Å². The molecule has 2 heterocycles. The lowest BCUT2D eigenvalue weighted by Gasteiger charge is -2.26. The number of Topliss-reactive ketones (excluding diaryl/α,β-unsaturated/α-hetero) is 1. The first-order valence-corrected chi connectivity index (χ1v) is 11.5. The predicted octanol–water partition coefficient (Wildman–Crippen LogP) is 1.86. The molecular formula is C22H25N5O4S. The Bertz CT molecular complexity index is 1380. The van der Waals surface area contributed by atoms with Gasteiger partial charge in [-0.05, 0) is 25.0 Å². The Hall–Kier alpha value is -3.14. The number of benzene rings is 1. The summed E-state index contributed by atoms with van der Waals surface area (Å²) < 4.78 is 3.65. The van der Waals surface area contributed by atoms with E-state index in [1.807, 2.05) is 12.1 Å². The van der Waals surface area contributed by atoms with Gasteiger partial charge in [0.05, 0.1) is 16.7 Å². The number of fused-ring (bicyclic) bond motifs is 1. The van der Waals surface area contributed by atoms with E-state index in [2.05, 4.69) is 4.98 Å². The molecule has 0 atom stereocenters. The molecule has 1 saturated carbocycles. The van der Waals surface area contributed by atoms with E-state index in [1.54, 1.807) is 16.7 Å². The maximum absolute atomic E-state index is 13.3. The summed E-state index contributed by atoms with van der Waals surface area (Å²) in [5.41, 5.74) is 4.81. The molecule has 1 aliphatic carbocycles. The van der Waals surface area contributed by atoms with E-state index in [0.29, 0.717) is 16.1 Å². The topological polar surface area (TPSA) is 122 Å². The molecular weight excluding hydrogens is 430 g/mol. The molecule has 0 aliphatic heterocycles. The molecule has 4 rings (SSSR count). The fraction of sp³-hybridized carbons (Fsp3) is 0.409. The van der Waals surface area contributed by atoms with Crippen LogP contribution in [0.15, 0.2) is 43.8 Å². The third kappa shape index (κ3) is 3.79. The summed E-state index contributed by atoms with van der Waals surface area (Å²) in [6, 6.07) is 7.19. The van der Waals surface area contributed by atoms with Gasteiger partial charge >= 0.3 is 5.69 Å². The van der Waals surface area contributed by atoms with E-state index < -0.39 is 17.0 Å². The first kappa shape index (κ1) is 22.1. The van der Waals surface area contributed by atoms with Crippen molar-refractivity contribution in [3.8, 4) is 0 Å². The van der Waals surface area contributed by atoms with Crippen LogP contribution in [0, 0.1) is 0 Å². The number of aromatic nitrogens is 4. The standard InChI is InChI=1S/C22H25N5O4S/c1-25-18(23)17(20(30)26(2)22(25)31)16(28)12-32-21-24-15-11-7-6-10-14(15)19(29)27(21)13-8-4-3-5-9-13/h6-7,10-11,13H,3-5,8-9,12,23H2,1-2H3. The number of hydrogen-bond acceptors (Lipinski definition) is 7. The molecule has 10 heteroatoms. The summed E-state index contributed by atoms with van der Waals surface area (Å²) in [5.74, 6) is -0.809. The van der Waals surface area contributed by atoms with Gasteiger partial charge in [-0.3, -0.25) is 28.1 Å². The minimum absolute atomic E-state index is 0.0291. The first-order valence-electron chi connectivity index (χ1n) is 10.5. The zero-order valence-corrected chi connectivity index (χ0v) is 18.9. The van der Waals surface area contributed by atoms with Crippen LogP contribution in [0.5, 0.6) is 0 Å². The van der Waals surface area contributed by atoms with Gasteiger partial charge in [0.25, 0.3) is 11.1 Å². The van der Waals surface area contributed by atoms with Crippen LogP contribution < -0.4 is 22.5 Å². The second kappa shape index (κ2) is 8.78. The van der Waals surface area contributed by atoms with Gasteiger partial charge < -0.3 is 5.73 Å². The molecule has 2 N–H and O–H groups in total. The van der Waals surface area contributed by atoms with E-state index in [1.165, 1.54) is 14.1 Å². The highest BCUT2D eigenvalue weighted by Gasteiger charge is 2.24. The maximum Gasteiger partial charge on any atom is 0.332 e. The van der Waals surface area contributed by atoms with Crippen LogP contribution in [0.4, 0.5) is 5.82 Å². The van der Waals surface area contributed by atoms with Gasteiger partial charge in [-0.25, -0.2) is 9.78 Å². The molecule has 168 valence electrons. The van der Waals surface area contributed by atoms with Crippen LogP contribution in [-0.4, -0.2) is 30.2 Å². The van der Waals surface area contributed by atoms with Gasteiger partial charge in [-0.1, -0.05) is 43.2 Å². The summed E-state index contributed by atoms with van der Waals surface area (Å²) in [7, 11) is 2.71. The summed E-state index contributed by atoms with van der Waals surface area (Å²) in [5, 5.41) is 0.999. The lowest BCUT2D eigenvalue weighted by molar-refractivity contribution is 0.102. The molecule has 1 aromatic carbocycles. The number of nitrogens with two attached hydrogens (primary N) is 1. The average Bonchev–Trinajstić information content (AvgIpc) is 2.81. The van der Waals surface area contributed by atoms with Crippen LogP contribution in [0.2, 0.25) is 0 Å². The smallest absolute Gasteiger partial charge is 0.332 e. The van der Waals surface area contributed by atoms with Crippen LogP contribution in [0.25, 0.3) is 10.9 Å². The van der Waals surface area contributed by atoms with Crippen molar-refractivity contribution in [1.82, 2.24) is 18.7 Å². The minimum atomic E-state index is -0.729. The van der Waals surface area contributed by atoms with Gasteiger partial charge in [0, 0.05) is 20.1 Å². The third-order valence-corrected chi connectivity index (χ3v) is 6.99. The molecule has 0 bridgehead atoms. The number of rotatable bonds is 5.